The molecule has 0 unspecified atom stereocenters. The molecule has 0 bridgehead atoms. The second-order valence-electron chi connectivity index (χ2n) is 8.23. The third-order valence-electron chi connectivity index (χ3n) is 4.80. The van der Waals surface area contributed by atoms with Crippen LogP contribution in [0.2, 0.25) is 0 Å². The normalized spacial score (nSPS) is 17.7. The van der Waals surface area contributed by atoms with E-state index in [9.17, 15) is 14.4 Å². The third-order valence-corrected chi connectivity index (χ3v) is 4.80. The van der Waals surface area contributed by atoms with E-state index in [0.717, 1.165) is 17.7 Å². The fourth-order valence-corrected chi connectivity index (χ4v) is 3.42. The van der Waals surface area contributed by atoms with Crippen LogP contribution < -0.4 is 10.6 Å². The second kappa shape index (κ2) is 7.58. The van der Waals surface area contributed by atoms with Gasteiger partial charge in [0, 0.05) is 49.4 Å². The number of hydrogen-bond donors (Lipinski definition) is 2. The van der Waals surface area contributed by atoms with Gasteiger partial charge in [0.05, 0.1) is 0 Å². The highest BCUT2D eigenvalue weighted by atomic mass is 16.2. The first-order valence-electron chi connectivity index (χ1n) is 9.52. The molecule has 0 atom stereocenters. The van der Waals surface area contributed by atoms with E-state index >= 15 is 0 Å². The Kier molecular flexibility index (Phi) is 5.39. The van der Waals surface area contributed by atoms with Crippen molar-refractivity contribution in [1.82, 2.24) is 15.1 Å². The molecule has 1 aromatic carbocycles. The van der Waals surface area contributed by atoms with E-state index in [2.05, 4.69) is 10.6 Å². The maximum Gasteiger partial charge on any atom is 0.317 e. The van der Waals surface area contributed by atoms with Crippen LogP contribution in [0.5, 0.6) is 0 Å². The smallest absolute Gasteiger partial charge is 0.317 e. The Morgan fingerprint density at radius 2 is 1.74 bits per heavy atom. The molecule has 0 radical (unpaired) electrons. The van der Waals surface area contributed by atoms with Gasteiger partial charge in [-0.05, 0) is 57.4 Å². The number of carbonyl (C=O) groups excluding carboxylic acids is 3. The van der Waals surface area contributed by atoms with E-state index in [0.29, 0.717) is 44.6 Å². The lowest BCUT2D eigenvalue weighted by Gasteiger charge is -2.27. The molecule has 7 heteroatoms. The molecule has 2 aliphatic rings. The summed E-state index contributed by atoms with van der Waals surface area (Å²) >= 11 is 0. The van der Waals surface area contributed by atoms with Crippen LogP contribution in [0, 0.1) is 0 Å². The highest BCUT2D eigenvalue weighted by Gasteiger charge is 2.25. The van der Waals surface area contributed by atoms with Crippen LogP contribution >= 0.6 is 0 Å². The highest BCUT2D eigenvalue weighted by molar-refractivity contribution is 5.98. The Labute approximate surface area is 160 Å². The molecule has 2 heterocycles. The quantitative estimate of drug-likeness (QED) is 0.793. The lowest BCUT2D eigenvalue weighted by Crippen LogP contribution is -2.49. The van der Waals surface area contributed by atoms with Gasteiger partial charge in [-0.1, -0.05) is 0 Å². The number of aryl methyl sites for hydroxylation is 1. The summed E-state index contributed by atoms with van der Waals surface area (Å²) in [7, 11) is 0. The van der Waals surface area contributed by atoms with Crippen molar-refractivity contribution in [3.63, 3.8) is 0 Å². The lowest BCUT2D eigenvalue weighted by molar-refractivity contribution is -0.116. The first-order chi connectivity index (χ1) is 12.7. The maximum absolute atomic E-state index is 12.9. The minimum atomic E-state index is -0.280. The van der Waals surface area contributed by atoms with Crippen molar-refractivity contribution in [2.45, 2.75) is 45.6 Å². The van der Waals surface area contributed by atoms with Gasteiger partial charge in [-0.2, -0.15) is 0 Å². The molecule has 2 aliphatic heterocycles. The molecule has 0 spiro atoms. The monoisotopic (exact) mass is 372 g/mol. The molecule has 0 saturated carbocycles. The molecule has 146 valence electrons. The van der Waals surface area contributed by atoms with Gasteiger partial charge in [-0.15, -0.1) is 0 Å². The zero-order chi connectivity index (χ0) is 19.6. The van der Waals surface area contributed by atoms with Crippen LogP contribution in [0.1, 0.15) is 49.5 Å². The number of rotatable bonds is 1. The SMILES string of the molecule is CC(C)(C)NC(=O)N1CCCN(C(=O)c2ccc3c(c2)CCC(=O)N3)CC1. The summed E-state index contributed by atoms with van der Waals surface area (Å²) in [6, 6.07) is 5.37. The van der Waals surface area contributed by atoms with E-state index in [1.165, 1.54) is 0 Å². The molecule has 0 aliphatic carbocycles. The molecule has 7 nitrogen and oxygen atoms in total. The molecule has 3 rings (SSSR count). The van der Waals surface area contributed by atoms with Gasteiger partial charge in [-0.3, -0.25) is 9.59 Å². The van der Waals surface area contributed by atoms with Gasteiger partial charge in [0.25, 0.3) is 5.91 Å². The first kappa shape index (κ1) is 19.2. The molecule has 2 N–H and O–H groups in total. The number of fused-ring (bicyclic) bond motifs is 1. The average Bonchev–Trinajstić information content (AvgIpc) is 2.85. The van der Waals surface area contributed by atoms with Crippen molar-refractivity contribution in [2.75, 3.05) is 31.5 Å². The van der Waals surface area contributed by atoms with Crippen LogP contribution in [-0.2, 0) is 11.2 Å². The molecule has 0 aromatic heterocycles. The molecule has 1 saturated heterocycles. The summed E-state index contributed by atoms with van der Waals surface area (Å²) in [4.78, 5) is 40.4. The molecule has 1 fully saturated rings. The Hall–Kier alpha value is -2.57. The van der Waals surface area contributed by atoms with Crippen molar-refractivity contribution in [1.29, 1.82) is 0 Å². The second-order valence-corrected chi connectivity index (χ2v) is 8.23. The van der Waals surface area contributed by atoms with E-state index < -0.39 is 0 Å². The average molecular weight is 372 g/mol. The zero-order valence-electron chi connectivity index (χ0n) is 16.3. The van der Waals surface area contributed by atoms with Crippen LogP contribution in [0.3, 0.4) is 0 Å². The largest absolute Gasteiger partial charge is 0.337 e. The van der Waals surface area contributed by atoms with Crippen LogP contribution in [0.4, 0.5) is 10.5 Å². The number of hydrogen-bond acceptors (Lipinski definition) is 3. The molecule has 4 amide bonds. The van der Waals surface area contributed by atoms with Crippen molar-refractivity contribution in [2.24, 2.45) is 0 Å². The Morgan fingerprint density at radius 1 is 1.04 bits per heavy atom. The Balaban J connectivity index is 1.64. The third kappa shape index (κ3) is 4.78. The predicted octanol–water partition coefficient (Wildman–Crippen LogP) is 2.23. The van der Waals surface area contributed by atoms with Crippen molar-refractivity contribution >= 4 is 23.5 Å². The van der Waals surface area contributed by atoms with Gasteiger partial charge in [-0.25, -0.2) is 4.79 Å². The lowest BCUT2D eigenvalue weighted by atomic mass is 10.00. The molecule has 1 aromatic rings. The van der Waals surface area contributed by atoms with Gasteiger partial charge >= 0.3 is 6.03 Å². The van der Waals surface area contributed by atoms with Crippen LogP contribution in [0.15, 0.2) is 18.2 Å². The van der Waals surface area contributed by atoms with Crippen molar-refractivity contribution < 1.29 is 14.4 Å². The summed E-state index contributed by atoms with van der Waals surface area (Å²) in [5.74, 6) is -0.00417. The van der Waals surface area contributed by atoms with Gasteiger partial charge < -0.3 is 20.4 Å². The van der Waals surface area contributed by atoms with Crippen LogP contribution in [0.25, 0.3) is 0 Å². The number of urea groups is 1. The fourth-order valence-electron chi connectivity index (χ4n) is 3.42. The fraction of sp³-hybridized carbons (Fsp3) is 0.550. The van der Waals surface area contributed by atoms with Gasteiger partial charge in [0.15, 0.2) is 0 Å². The number of amides is 4. The number of anilines is 1. The minimum absolute atomic E-state index is 0.0164. The molecular formula is C20H28N4O3. The zero-order valence-corrected chi connectivity index (χ0v) is 16.3. The number of carbonyl (C=O) groups is 3. The number of nitrogens with zero attached hydrogens (tertiary/aromatic N) is 2. The van der Waals surface area contributed by atoms with E-state index in [1.54, 1.807) is 17.0 Å². The first-order valence-corrected chi connectivity index (χ1v) is 9.52. The summed E-state index contributed by atoms with van der Waals surface area (Å²) in [5, 5.41) is 5.82. The molecular weight excluding hydrogens is 344 g/mol. The van der Waals surface area contributed by atoms with Crippen molar-refractivity contribution in [3.05, 3.63) is 29.3 Å². The summed E-state index contributed by atoms with van der Waals surface area (Å²) < 4.78 is 0. The highest BCUT2D eigenvalue weighted by Crippen LogP contribution is 2.24. The minimum Gasteiger partial charge on any atom is -0.337 e. The molecule has 27 heavy (non-hydrogen) atoms. The van der Waals surface area contributed by atoms with Crippen molar-refractivity contribution in [3.8, 4) is 0 Å². The summed E-state index contributed by atoms with van der Waals surface area (Å²) in [5.41, 5.74) is 2.15. The Morgan fingerprint density at radius 3 is 2.48 bits per heavy atom. The topological polar surface area (TPSA) is 81.8 Å². The van der Waals surface area contributed by atoms with E-state index in [4.69, 9.17) is 0 Å². The summed E-state index contributed by atoms with van der Waals surface area (Å²) in [6.07, 6.45) is 1.86. The standard InChI is InChI=1S/C20H28N4O3/c1-20(2,3)22-19(27)24-10-4-9-23(11-12-24)18(26)15-5-7-16-14(13-15)6-8-17(25)21-16/h5,7,13H,4,6,8-12H2,1-3H3,(H,21,25)(H,22,27). The van der Waals surface area contributed by atoms with Gasteiger partial charge in [0.1, 0.15) is 0 Å². The van der Waals surface area contributed by atoms with E-state index in [-0.39, 0.29) is 23.4 Å². The maximum atomic E-state index is 12.9. The number of nitrogens with one attached hydrogen (secondary N) is 2. The summed E-state index contributed by atoms with van der Waals surface area (Å²) in [6.45, 7) is 8.18. The Bertz CT molecular complexity index is 754. The van der Waals surface area contributed by atoms with E-state index in [1.807, 2.05) is 31.7 Å². The van der Waals surface area contributed by atoms with Crippen LogP contribution in [-0.4, -0.2) is 59.4 Å². The number of benzene rings is 1. The van der Waals surface area contributed by atoms with Gasteiger partial charge in [0.2, 0.25) is 5.91 Å². The predicted molar refractivity (Wildman–Crippen MR) is 104 cm³/mol.